The van der Waals surface area contributed by atoms with E-state index >= 15 is 0 Å². The first kappa shape index (κ1) is 31.9. The molecule has 1 atom stereocenters. The SMILES string of the molecule is COc1ccc(C(C)C)cc1-c1ccc(C(F)(F)F)cc1CN(Cc1ccccc1)C(=O)OCC(N)c1ccc(Cl)cc1. The highest BCUT2D eigenvalue weighted by molar-refractivity contribution is 6.30. The quantitative estimate of drug-likeness (QED) is 0.195. The third kappa shape index (κ3) is 8.30. The smallest absolute Gasteiger partial charge is 0.416 e. The van der Waals surface area contributed by atoms with Crippen LogP contribution in [0.3, 0.4) is 0 Å². The van der Waals surface area contributed by atoms with Gasteiger partial charge >= 0.3 is 12.3 Å². The summed E-state index contributed by atoms with van der Waals surface area (Å²) in [6.07, 6.45) is -5.28. The number of amides is 1. The summed E-state index contributed by atoms with van der Waals surface area (Å²) in [5, 5.41) is 0.550. The van der Waals surface area contributed by atoms with Crippen molar-refractivity contribution in [2.75, 3.05) is 13.7 Å². The van der Waals surface area contributed by atoms with Crippen LogP contribution in [0, 0.1) is 0 Å². The number of carbonyl (C=O) groups is 1. The fraction of sp³-hybridized carbons (Fsp3) is 0.265. The average Bonchev–Trinajstić information content (AvgIpc) is 2.99. The first-order valence-corrected chi connectivity index (χ1v) is 14.2. The Hall–Kier alpha value is -4.01. The van der Waals surface area contributed by atoms with Gasteiger partial charge in [-0.2, -0.15) is 13.2 Å². The standard InChI is InChI=1S/C34H34ClF3N2O3/c1-22(2)25-11-16-32(42-3)30(18-25)29-15-12-27(34(36,37)38)17-26(29)20-40(19-23-7-5-4-6-8-23)33(41)43-21-31(39)24-9-13-28(35)14-10-24/h4-18,22,31H,19-21,39H2,1-3H3. The molecule has 5 nitrogen and oxygen atoms in total. The number of benzene rings is 4. The van der Waals surface area contributed by atoms with Gasteiger partial charge in [-0.05, 0) is 70.1 Å². The molecule has 1 unspecified atom stereocenters. The lowest BCUT2D eigenvalue weighted by Crippen LogP contribution is -2.33. The van der Waals surface area contributed by atoms with Crippen LogP contribution < -0.4 is 10.5 Å². The van der Waals surface area contributed by atoms with Crippen molar-refractivity contribution in [3.63, 3.8) is 0 Å². The number of carbonyl (C=O) groups excluding carboxylic acids is 1. The monoisotopic (exact) mass is 610 g/mol. The fourth-order valence-electron chi connectivity index (χ4n) is 4.71. The number of ether oxygens (including phenoxy) is 2. The molecule has 0 fully saturated rings. The summed E-state index contributed by atoms with van der Waals surface area (Å²) in [4.78, 5) is 14.9. The van der Waals surface area contributed by atoms with E-state index in [4.69, 9.17) is 26.8 Å². The molecule has 0 aliphatic carbocycles. The number of alkyl halides is 3. The minimum atomic E-state index is -4.58. The van der Waals surface area contributed by atoms with Gasteiger partial charge in [-0.1, -0.05) is 80.0 Å². The third-order valence-corrected chi connectivity index (χ3v) is 7.39. The van der Waals surface area contributed by atoms with Gasteiger partial charge in [0.05, 0.1) is 18.7 Å². The maximum absolute atomic E-state index is 13.9. The molecule has 0 aliphatic heterocycles. The molecule has 0 heterocycles. The maximum Gasteiger partial charge on any atom is 0.416 e. The van der Waals surface area contributed by atoms with E-state index in [-0.39, 0.29) is 25.6 Å². The highest BCUT2D eigenvalue weighted by Crippen LogP contribution is 2.39. The lowest BCUT2D eigenvalue weighted by molar-refractivity contribution is -0.137. The van der Waals surface area contributed by atoms with Crippen molar-refractivity contribution in [1.29, 1.82) is 0 Å². The molecular formula is C34H34ClF3N2O3. The van der Waals surface area contributed by atoms with Crippen LogP contribution in [0.25, 0.3) is 11.1 Å². The Morgan fingerprint density at radius 2 is 1.56 bits per heavy atom. The van der Waals surface area contributed by atoms with Gasteiger partial charge in [-0.3, -0.25) is 4.90 Å². The molecule has 0 saturated carbocycles. The van der Waals surface area contributed by atoms with Crippen LogP contribution >= 0.6 is 11.6 Å². The van der Waals surface area contributed by atoms with Crippen molar-refractivity contribution in [3.8, 4) is 16.9 Å². The molecule has 4 rings (SSSR count). The number of methoxy groups -OCH3 is 1. The molecule has 0 saturated heterocycles. The molecule has 4 aromatic carbocycles. The van der Waals surface area contributed by atoms with Crippen molar-refractivity contribution < 1.29 is 27.4 Å². The first-order chi connectivity index (χ1) is 20.5. The third-order valence-electron chi connectivity index (χ3n) is 7.13. The number of halogens is 4. The van der Waals surface area contributed by atoms with Crippen LogP contribution in [0.1, 0.15) is 53.6 Å². The number of hydrogen-bond acceptors (Lipinski definition) is 4. The van der Waals surface area contributed by atoms with Crippen molar-refractivity contribution in [3.05, 3.63) is 124 Å². The Balaban J connectivity index is 1.72. The second-order valence-electron chi connectivity index (χ2n) is 10.6. The number of nitrogens with zero attached hydrogens (tertiary/aromatic N) is 1. The van der Waals surface area contributed by atoms with Crippen LogP contribution in [0.5, 0.6) is 5.75 Å². The molecule has 43 heavy (non-hydrogen) atoms. The van der Waals surface area contributed by atoms with Gasteiger partial charge in [0, 0.05) is 23.7 Å². The Morgan fingerprint density at radius 3 is 2.19 bits per heavy atom. The van der Waals surface area contributed by atoms with E-state index in [0.717, 1.165) is 28.8 Å². The summed E-state index contributed by atoms with van der Waals surface area (Å²) < 4.78 is 52.9. The van der Waals surface area contributed by atoms with Crippen LogP contribution in [0.4, 0.5) is 18.0 Å². The molecule has 0 spiro atoms. The largest absolute Gasteiger partial charge is 0.496 e. The van der Waals surface area contributed by atoms with Crippen LogP contribution in [-0.2, 0) is 24.0 Å². The molecule has 0 bridgehead atoms. The second kappa shape index (κ2) is 14.0. The maximum atomic E-state index is 13.9. The number of hydrogen-bond donors (Lipinski definition) is 1. The first-order valence-electron chi connectivity index (χ1n) is 13.8. The molecule has 2 N–H and O–H groups in total. The highest BCUT2D eigenvalue weighted by atomic mass is 35.5. The van der Waals surface area contributed by atoms with E-state index in [1.165, 1.54) is 18.1 Å². The molecule has 4 aromatic rings. The average molecular weight is 611 g/mol. The number of rotatable bonds is 10. The normalized spacial score (nSPS) is 12.2. The minimum absolute atomic E-state index is 0.106. The fourth-order valence-corrected chi connectivity index (χ4v) is 4.84. The molecule has 226 valence electrons. The molecule has 9 heteroatoms. The van der Waals surface area contributed by atoms with Gasteiger partial charge in [0.15, 0.2) is 0 Å². The summed E-state index contributed by atoms with van der Waals surface area (Å²) in [5.74, 6) is 0.688. The van der Waals surface area contributed by atoms with E-state index in [9.17, 15) is 18.0 Å². The zero-order valence-electron chi connectivity index (χ0n) is 24.2. The predicted molar refractivity (Wildman–Crippen MR) is 163 cm³/mol. The van der Waals surface area contributed by atoms with Crippen LogP contribution in [0.2, 0.25) is 5.02 Å². The van der Waals surface area contributed by atoms with Gasteiger partial charge in [0.25, 0.3) is 0 Å². The predicted octanol–water partition coefficient (Wildman–Crippen LogP) is 9.00. The van der Waals surface area contributed by atoms with Gasteiger partial charge in [0.2, 0.25) is 0 Å². The van der Waals surface area contributed by atoms with Crippen molar-refractivity contribution >= 4 is 17.7 Å². The molecule has 0 radical (unpaired) electrons. The van der Waals surface area contributed by atoms with E-state index in [0.29, 0.717) is 27.5 Å². The lowest BCUT2D eigenvalue weighted by atomic mass is 9.92. The van der Waals surface area contributed by atoms with Gasteiger partial charge in [-0.25, -0.2) is 4.79 Å². The zero-order chi connectivity index (χ0) is 31.1. The van der Waals surface area contributed by atoms with Crippen molar-refractivity contribution in [2.45, 2.75) is 45.1 Å². The van der Waals surface area contributed by atoms with Crippen LogP contribution in [-0.4, -0.2) is 24.7 Å². The summed E-state index contributed by atoms with van der Waals surface area (Å²) in [6.45, 7) is 3.88. The Morgan fingerprint density at radius 1 is 0.884 bits per heavy atom. The van der Waals surface area contributed by atoms with Gasteiger partial charge < -0.3 is 15.2 Å². The minimum Gasteiger partial charge on any atom is -0.496 e. The van der Waals surface area contributed by atoms with Gasteiger partial charge in [0.1, 0.15) is 12.4 Å². The Labute approximate surface area is 255 Å². The topological polar surface area (TPSA) is 64.8 Å². The summed E-state index contributed by atoms with van der Waals surface area (Å²) in [5.41, 5.74) is 9.41. The van der Waals surface area contributed by atoms with E-state index in [2.05, 4.69) is 0 Å². The molecular weight excluding hydrogens is 577 g/mol. The molecule has 0 aliphatic rings. The van der Waals surface area contributed by atoms with E-state index in [1.54, 1.807) is 30.3 Å². The summed E-state index contributed by atoms with van der Waals surface area (Å²) in [7, 11) is 1.51. The summed E-state index contributed by atoms with van der Waals surface area (Å²) >= 11 is 5.97. The van der Waals surface area contributed by atoms with E-state index in [1.807, 2.05) is 56.3 Å². The molecule has 0 aromatic heterocycles. The molecule has 1 amide bonds. The van der Waals surface area contributed by atoms with Gasteiger partial charge in [-0.15, -0.1) is 0 Å². The lowest BCUT2D eigenvalue weighted by Gasteiger charge is -2.26. The van der Waals surface area contributed by atoms with Crippen molar-refractivity contribution in [2.24, 2.45) is 5.73 Å². The zero-order valence-corrected chi connectivity index (χ0v) is 25.0. The van der Waals surface area contributed by atoms with Crippen LogP contribution in [0.15, 0.2) is 91.0 Å². The second-order valence-corrected chi connectivity index (χ2v) is 11.0. The highest BCUT2D eigenvalue weighted by Gasteiger charge is 2.32. The number of nitrogens with two attached hydrogens (primary N) is 1. The Bertz CT molecular complexity index is 1530. The Kier molecular flexibility index (Phi) is 10.4. The van der Waals surface area contributed by atoms with E-state index < -0.39 is 23.9 Å². The summed E-state index contributed by atoms with van der Waals surface area (Å²) in [6, 6.07) is 24.6. The van der Waals surface area contributed by atoms with Crippen molar-refractivity contribution in [1.82, 2.24) is 4.90 Å².